The SMILES string of the molecule is O=C(Nc1ccc(Cl)c(Cl)c1)c1ccn(C2CCCNC2)n1. The van der Waals surface area contributed by atoms with Gasteiger partial charge in [-0.1, -0.05) is 23.2 Å². The van der Waals surface area contributed by atoms with Crippen LogP contribution in [-0.2, 0) is 0 Å². The number of rotatable bonds is 3. The van der Waals surface area contributed by atoms with Crippen LogP contribution >= 0.6 is 23.2 Å². The highest BCUT2D eigenvalue weighted by atomic mass is 35.5. The molecule has 1 aromatic heterocycles. The third-order valence-electron chi connectivity index (χ3n) is 3.66. The van der Waals surface area contributed by atoms with E-state index in [0.29, 0.717) is 27.5 Å². The van der Waals surface area contributed by atoms with Crippen molar-refractivity contribution in [2.24, 2.45) is 0 Å². The van der Waals surface area contributed by atoms with Crippen molar-refractivity contribution in [1.82, 2.24) is 15.1 Å². The maximum atomic E-state index is 12.2. The lowest BCUT2D eigenvalue weighted by Gasteiger charge is -2.22. The van der Waals surface area contributed by atoms with Gasteiger partial charge in [-0.3, -0.25) is 9.48 Å². The summed E-state index contributed by atoms with van der Waals surface area (Å²) in [5, 5.41) is 11.3. The average molecular weight is 339 g/mol. The van der Waals surface area contributed by atoms with E-state index in [2.05, 4.69) is 15.7 Å². The molecule has 1 unspecified atom stereocenters. The Labute approximate surface area is 138 Å². The lowest BCUT2D eigenvalue weighted by molar-refractivity contribution is 0.102. The number of carbonyl (C=O) groups excluding carboxylic acids is 1. The Balaban J connectivity index is 1.69. The molecule has 2 N–H and O–H groups in total. The fourth-order valence-corrected chi connectivity index (χ4v) is 2.79. The molecule has 5 nitrogen and oxygen atoms in total. The molecule has 1 aliphatic heterocycles. The lowest BCUT2D eigenvalue weighted by Crippen LogP contribution is -2.32. The molecule has 0 bridgehead atoms. The van der Waals surface area contributed by atoms with E-state index < -0.39 is 0 Å². The maximum absolute atomic E-state index is 12.2. The van der Waals surface area contributed by atoms with Gasteiger partial charge in [0.2, 0.25) is 0 Å². The molecule has 0 radical (unpaired) electrons. The monoisotopic (exact) mass is 338 g/mol. The van der Waals surface area contributed by atoms with Gasteiger partial charge in [-0.05, 0) is 43.7 Å². The van der Waals surface area contributed by atoms with E-state index >= 15 is 0 Å². The van der Waals surface area contributed by atoms with Crippen LogP contribution in [0.5, 0.6) is 0 Å². The highest BCUT2D eigenvalue weighted by molar-refractivity contribution is 6.42. The number of halogens is 2. The highest BCUT2D eigenvalue weighted by Crippen LogP contribution is 2.25. The van der Waals surface area contributed by atoms with Gasteiger partial charge in [0.25, 0.3) is 5.91 Å². The first-order valence-corrected chi connectivity index (χ1v) is 7.91. The molecule has 0 spiro atoms. The second-order valence-electron chi connectivity index (χ2n) is 5.26. The molecule has 1 amide bonds. The van der Waals surface area contributed by atoms with Crippen molar-refractivity contribution in [2.45, 2.75) is 18.9 Å². The maximum Gasteiger partial charge on any atom is 0.276 e. The van der Waals surface area contributed by atoms with Crippen molar-refractivity contribution >= 4 is 34.8 Å². The number of aromatic nitrogens is 2. The molecule has 0 saturated carbocycles. The first kappa shape index (κ1) is 15.3. The van der Waals surface area contributed by atoms with Crippen molar-refractivity contribution < 1.29 is 4.79 Å². The molecule has 2 aromatic rings. The standard InChI is InChI=1S/C15H16Cl2N4O/c16-12-4-3-10(8-13(12)17)19-15(22)14-5-7-21(20-14)11-2-1-6-18-9-11/h3-5,7-8,11,18H,1-2,6,9H2,(H,19,22). The van der Waals surface area contributed by atoms with Crippen LogP contribution in [0.25, 0.3) is 0 Å². The second kappa shape index (κ2) is 6.69. The zero-order valence-electron chi connectivity index (χ0n) is 11.9. The van der Waals surface area contributed by atoms with E-state index in [-0.39, 0.29) is 5.91 Å². The van der Waals surface area contributed by atoms with Crippen molar-refractivity contribution in [1.29, 1.82) is 0 Å². The molecule has 2 heterocycles. The summed E-state index contributed by atoms with van der Waals surface area (Å²) in [7, 11) is 0. The number of benzene rings is 1. The van der Waals surface area contributed by atoms with Crippen LogP contribution < -0.4 is 10.6 Å². The van der Waals surface area contributed by atoms with Crippen LogP contribution in [-0.4, -0.2) is 28.8 Å². The summed E-state index contributed by atoms with van der Waals surface area (Å²) in [5.41, 5.74) is 0.977. The number of piperidine rings is 1. The average Bonchev–Trinajstić information content (AvgIpc) is 3.02. The lowest BCUT2D eigenvalue weighted by atomic mass is 10.1. The highest BCUT2D eigenvalue weighted by Gasteiger charge is 2.17. The Bertz CT molecular complexity index is 680. The first-order chi connectivity index (χ1) is 10.6. The second-order valence-corrected chi connectivity index (χ2v) is 6.08. The van der Waals surface area contributed by atoms with Gasteiger partial charge < -0.3 is 10.6 Å². The number of carbonyl (C=O) groups is 1. The summed E-state index contributed by atoms with van der Waals surface area (Å²) >= 11 is 11.8. The normalized spacial score (nSPS) is 18.2. The molecule has 116 valence electrons. The van der Waals surface area contributed by atoms with E-state index in [1.807, 2.05) is 10.9 Å². The molecule has 1 saturated heterocycles. The smallest absolute Gasteiger partial charge is 0.276 e. The molecule has 1 atom stereocenters. The van der Waals surface area contributed by atoms with Crippen molar-refractivity contribution in [3.8, 4) is 0 Å². The zero-order valence-corrected chi connectivity index (χ0v) is 13.4. The van der Waals surface area contributed by atoms with Crippen LogP contribution in [0.1, 0.15) is 29.4 Å². The Morgan fingerprint density at radius 3 is 2.91 bits per heavy atom. The summed E-state index contributed by atoms with van der Waals surface area (Å²) in [6.45, 7) is 1.93. The molecule has 22 heavy (non-hydrogen) atoms. The number of nitrogens with one attached hydrogen (secondary N) is 2. The first-order valence-electron chi connectivity index (χ1n) is 7.16. The third-order valence-corrected chi connectivity index (χ3v) is 4.40. The van der Waals surface area contributed by atoms with Gasteiger partial charge in [0.15, 0.2) is 5.69 Å². The Kier molecular flexibility index (Phi) is 4.66. The van der Waals surface area contributed by atoms with E-state index in [9.17, 15) is 4.79 Å². The van der Waals surface area contributed by atoms with Gasteiger partial charge in [0.1, 0.15) is 0 Å². The summed E-state index contributed by atoms with van der Waals surface area (Å²) in [4.78, 5) is 12.2. The van der Waals surface area contributed by atoms with Crippen LogP contribution in [0.3, 0.4) is 0 Å². The Morgan fingerprint density at radius 2 is 2.18 bits per heavy atom. The number of hydrogen-bond acceptors (Lipinski definition) is 3. The number of anilines is 1. The molecular weight excluding hydrogens is 323 g/mol. The summed E-state index contributed by atoms with van der Waals surface area (Å²) in [6, 6.07) is 6.99. The minimum absolute atomic E-state index is 0.263. The van der Waals surface area contributed by atoms with Crippen molar-refractivity contribution in [3.63, 3.8) is 0 Å². The van der Waals surface area contributed by atoms with E-state index in [4.69, 9.17) is 23.2 Å². The van der Waals surface area contributed by atoms with Crippen molar-refractivity contribution in [3.05, 3.63) is 46.2 Å². The Morgan fingerprint density at radius 1 is 1.32 bits per heavy atom. The predicted molar refractivity (Wildman–Crippen MR) is 87.8 cm³/mol. The number of hydrogen-bond donors (Lipinski definition) is 2. The van der Waals surface area contributed by atoms with Gasteiger partial charge in [-0.25, -0.2) is 0 Å². The molecule has 3 rings (SSSR count). The van der Waals surface area contributed by atoms with Gasteiger partial charge in [-0.15, -0.1) is 0 Å². The van der Waals surface area contributed by atoms with E-state index in [0.717, 1.165) is 25.9 Å². The Hall–Kier alpha value is -1.56. The largest absolute Gasteiger partial charge is 0.321 e. The third kappa shape index (κ3) is 3.43. The zero-order chi connectivity index (χ0) is 15.5. The summed E-state index contributed by atoms with van der Waals surface area (Å²) in [6.07, 6.45) is 4.04. The van der Waals surface area contributed by atoms with Crippen LogP contribution in [0.2, 0.25) is 10.0 Å². The van der Waals surface area contributed by atoms with Gasteiger partial charge in [-0.2, -0.15) is 5.10 Å². The fourth-order valence-electron chi connectivity index (χ4n) is 2.49. The molecule has 1 fully saturated rings. The number of nitrogens with zero attached hydrogens (tertiary/aromatic N) is 2. The number of amides is 1. The van der Waals surface area contributed by atoms with Crippen LogP contribution in [0, 0.1) is 0 Å². The minimum atomic E-state index is -0.263. The van der Waals surface area contributed by atoms with Gasteiger partial charge in [0, 0.05) is 18.4 Å². The van der Waals surface area contributed by atoms with Crippen LogP contribution in [0.4, 0.5) is 5.69 Å². The molecule has 0 aliphatic carbocycles. The van der Waals surface area contributed by atoms with E-state index in [1.165, 1.54) is 0 Å². The fraction of sp³-hybridized carbons (Fsp3) is 0.333. The molecule has 1 aliphatic rings. The van der Waals surface area contributed by atoms with Crippen molar-refractivity contribution in [2.75, 3.05) is 18.4 Å². The quantitative estimate of drug-likeness (QED) is 0.901. The molecular formula is C15H16Cl2N4O. The van der Waals surface area contributed by atoms with E-state index in [1.54, 1.807) is 24.3 Å². The molecule has 7 heteroatoms. The summed E-state index contributed by atoms with van der Waals surface area (Å²) < 4.78 is 1.86. The minimum Gasteiger partial charge on any atom is -0.321 e. The van der Waals surface area contributed by atoms with Crippen LogP contribution in [0.15, 0.2) is 30.5 Å². The topological polar surface area (TPSA) is 59.0 Å². The predicted octanol–water partition coefficient (Wildman–Crippen LogP) is 3.37. The summed E-state index contributed by atoms with van der Waals surface area (Å²) in [5.74, 6) is -0.263. The molecule has 1 aromatic carbocycles. The van der Waals surface area contributed by atoms with Gasteiger partial charge >= 0.3 is 0 Å². The van der Waals surface area contributed by atoms with Gasteiger partial charge in [0.05, 0.1) is 16.1 Å².